The maximum absolute atomic E-state index is 12.5. The van der Waals surface area contributed by atoms with Crippen molar-refractivity contribution in [3.63, 3.8) is 0 Å². The number of benzene rings is 1. The molecule has 0 saturated heterocycles. The van der Waals surface area contributed by atoms with E-state index in [0.29, 0.717) is 12.3 Å². The van der Waals surface area contributed by atoms with Crippen LogP contribution in [0.4, 0.5) is 5.88 Å². The van der Waals surface area contributed by atoms with Crippen molar-refractivity contribution in [1.29, 1.82) is 0 Å². The Kier molecular flexibility index (Phi) is 2.82. The molecule has 1 aliphatic carbocycles. The minimum atomic E-state index is -0.175. The highest BCUT2D eigenvalue weighted by molar-refractivity contribution is 6.00. The summed E-state index contributed by atoms with van der Waals surface area (Å²) in [6, 6.07) is 7.00. The van der Waals surface area contributed by atoms with E-state index in [1.165, 1.54) is 0 Å². The van der Waals surface area contributed by atoms with E-state index in [1.54, 1.807) is 12.1 Å². The van der Waals surface area contributed by atoms with Gasteiger partial charge in [0.2, 0.25) is 5.88 Å². The summed E-state index contributed by atoms with van der Waals surface area (Å²) in [4.78, 5) is 12.5. The number of aromatic nitrogens is 1. The third-order valence-electron chi connectivity index (χ3n) is 4.43. The number of Topliss-reactive ketones (excluding diaryl/α,β-unsaturated/α-hetero) is 1. The Labute approximate surface area is 127 Å². The number of aromatic hydroxyl groups is 1. The third kappa shape index (κ3) is 1.85. The number of fused-ring (bicyclic) bond motifs is 1. The Bertz CT molecular complexity index is 787. The number of aryl methyl sites for hydroxylation is 1. The van der Waals surface area contributed by atoms with E-state index in [2.05, 4.69) is 10.5 Å². The number of nitrogens with one attached hydrogen (secondary N) is 1. The Morgan fingerprint density at radius 3 is 2.82 bits per heavy atom. The molecule has 2 aromatic rings. The lowest BCUT2D eigenvalue weighted by Gasteiger charge is -2.31. The first-order valence-corrected chi connectivity index (χ1v) is 7.43. The number of hydrogen-bond donors (Lipinski definition) is 2. The summed E-state index contributed by atoms with van der Waals surface area (Å²) in [5.74, 6) is 0.845. The van der Waals surface area contributed by atoms with Crippen LogP contribution in [0.5, 0.6) is 5.75 Å². The second-order valence-corrected chi connectivity index (χ2v) is 5.83. The predicted molar refractivity (Wildman–Crippen MR) is 80.7 cm³/mol. The third-order valence-corrected chi connectivity index (χ3v) is 4.43. The molecule has 0 saturated carbocycles. The molecule has 0 amide bonds. The van der Waals surface area contributed by atoms with Crippen molar-refractivity contribution in [2.45, 2.75) is 32.1 Å². The fourth-order valence-corrected chi connectivity index (χ4v) is 3.42. The lowest BCUT2D eigenvalue weighted by Crippen LogP contribution is -2.26. The fourth-order valence-electron chi connectivity index (χ4n) is 3.42. The summed E-state index contributed by atoms with van der Waals surface area (Å²) >= 11 is 0. The van der Waals surface area contributed by atoms with E-state index in [4.69, 9.17) is 4.52 Å². The largest absolute Gasteiger partial charge is 0.508 e. The van der Waals surface area contributed by atoms with Crippen LogP contribution in [-0.2, 0) is 4.79 Å². The van der Waals surface area contributed by atoms with Gasteiger partial charge in [-0.05, 0) is 37.5 Å². The Morgan fingerprint density at radius 1 is 1.27 bits per heavy atom. The number of rotatable bonds is 1. The number of carbonyl (C=O) groups is 1. The molecule has 1 aliphatic heterocycles. The van der Waals surface area contributed by atoms with Gasteiger partial charge in [0.25, 0.3) is 0 Å². The van der Waals surface area contributed by atoms with Crippen LogP contribution in [-0.4, -0.2) is 16.0 Å². The minimum absolute atomic E-state index is 0.175. The number of phenols is 1. The van der Waals surface area contributed by atoms with Gasteiger partial charge in [0.1, 0.15) is 5.75 Å². The molecule has 2 N–H and O–H groups in total. The van der Waals surface area contributed by atoms with Gasteiger partial charge in [-0.15, -0.1) is 0 Å². The molecule has 2 aliphatic rings. The molecule has 0 fully saturated rings. The van der Waals surface area contributed by atoms with E-state index in [0.717, 1.165) is 40.9 Å². The molecular formula is C17H16N2O3. The summed E-state index contributed by atoms with van der Waals surface area (Å²) in [5.41, 5.74) is 4.42. The molecule has 2 heterocycles. The van der Waals surface area contributed by atoms with E-state index in [9.17, 15) is 9.90 Å². The Balaban J connectivity index is 1.94. The highest BCUT2D eigenvalue weighted by atomic mass is 16.5. The number of ketones is 1. The van der Waals surface area contributed by atoms with Crippen molar-refractivity contribution < 1.29 is 14.4 Å². The van der Waals surface area contributed by atoms with Crippen molar-refractivity contribution in [1.82, 2.24) is 5.16 Å². The standard InChI is InChI=1S/C17H16N2O3/c1-9-14-15(10-5-7-11(20)8-6-10)16-12(3-2-4-13(16)21)18-17(14)22-19-9/h5-8,15,18,20H,2-4H2,1H3. The van der Waals surface area contributed by atoms with E-state index >= 15 is 0 Å². The number of allylic oxidation sites excluding steroid dienone is 2. The molecular weight excluding hydrogens is 280 g/mol. The molecule has 1 aromatic heterocycles. The lowest BCUT2D eigenvalue weighted by atomic mass is 9.76. The topological polar surface area (TPSA) is 75.4 Å². The smallest absolute Gasteiger partial charge is 0.233 e. The molecule has 5 heteroatoms. The first kappa shape index (κ1) is 13.1. The van der Waals surface area contributed by atoms with Crippen LogP contribution in [0.1, 0.15) is 42.0 Å². The average Bonchev–Trinajstić information content (AvgIpc) is 2.88. The zero-order valence-corrected chi connectivity index (χ0v) is 12.2. The highest BCUT2D eigenvalue weighted by Gasteiger charge is 2.38. The van der Waals surface area contributed by atoms with Gasteiger partial charge in [-0.3, -0.25) is 4.79 Å². The van der Waals surface area contributed by atoms with Crippen LogP contribution < -0.4 is 5.32 Å². The van der Waals surface area contributed by atoms with Crippen LogP contribution in [0.15, 0.2) is 40.1 Å². The maximum Gasteiger partial charge on any atom is 0.233 e. The van der Waals surface area contributed by atoms with Crippen molar-refractivity contribution in [2.75, 3.05) is 5.32 Å². The van der Waals surface area contributed by atoms with Crippen molar-refractivity contribution >= 4 is 11.7 Å². The van der Waals surface area contributed by atoms with E-state index in [1.807, 2.05) is 19.1 Å². The van der Waals surface area contributed by atoms with Gasteiger partial charge in [-0.2, -0.15) is 0 Å². The van der Waals surface area contributed by atoms with Crippen molar-refractivity contribution in [3.05, 3.63) is 52.4 Å². The molecule has 1 unspecified atom stereocenters. The van der Waals surface area contributed by atoms with Crippen molar-refractivity contribution in [2.24, 2.45) is 0 Å². The number of anilines is 1. The van der Waals surface area contributed by atoms with Gasteiger partial charge in [-0.25, -0.2) is 0 Å². The van der Waals surface area contributed by atoms with Gasteiger partial charge in [0, 0.05) is 23.6 Å². The Hall–Kier alpha value is -2.56. The van der Waals surface area contributed by atoms with Crippen molar-refractivity contribution in [3.8, 4) is 5.75 Å². The summed E-state index contributed by atoms with van der Waals surface area (Å²) < 4.78 is 5.39. The first-order valence-electron chi connectivity index (χ1n) is 7.43. The summed E-state index contributed by atoms with van der Waals surface area (Å²) in [7, 11) is 0. The van der Waals surface area contributed by atoms with Gasteiger partial charge in [0.15, 0.2) is 5.78 Å². The van der Waals surface area contributed by atoms with Gasteiger partial charge in [-0.1, -0.05) is 17.3 Å². The molecule has 22 heavy (non-hydrogen) atoms. The SMILES string of the molecule is Cc1noc2c1C(c1ccc(O)cc1)C1=C(CCCC1=O)N2. The Morgan fingerprint density at radius 2 is 2.05 bits per heavy atom. The summed E-state index contributed by atoms with van der Waals surface area (Å²) in [6.07, 6.45) is 2.28. The fraction of sp³-hybridized carbons (Fsp3) is 0.294. The molecule has 4 rings (SSSR count). The lowest BCUT2D eigenvalue weighted by molar-refractivity contribution is -0.116. The summed E-state index contributed by atoms with van der Waals surface area (Å²) in [5, 5.41) is 16.8. The van der Waals surface area contributed by atoms with E-state index in [-0.39, 0.29) is 17.5 Å². The van der Waals surface area contributed by atoms with Crippen LogP contribution in [0.25, 0.3) is 0 Å². The van der Waals surface area contributed by atoms with Gasteiger partial charge >= 0.3 is 0 Å². The normalized spacial score (nSPS) is 20.4. The van der Waals surface area contributed by atoms with Crippen LogP contribution >= 0.6 is 0 Å². The zero-order valence-electron chi connectivity index (χ0n) is 12.2. The number of phenolic OH excluding ortho intramolecular Hbond substituents is 1. The average molecular weight is 296 g/mol. The monoisotopic (exact) mass is 296 g/mol. The molecule has 0 radical (unpaired) electrons. The van der Waals surface area contributed by atoms with Gasteiger partial charge in [0.05, 0.1) is 11.3 Å². The molecule has 0 bridgehead atoms. The van der Waals surface area contributed by atoms with E-state index < -0.39 is 0 Å². The van der Waals surface area contributed by atoms with Crippen LogP contribution in [0.3, 0.4) is 0 Å². The second kappa shape index (κ2) is 4.73. The molecule has 1 atom stereocenters. The number of nitrogens with zero attached hydrogens (tertiary/aromatic N) is 1. The molecule has 0 spiro atoms. The molecule has 1 aromatic carbocycles. The number of carbonyl (C=O) groups excluding carboxylic acids is 1. The van der Waals surface area contributed by atoms with Gasteiger partial charge < -0.3 is 14.9 Å². The molecule has 5 nitrogen and oxygen atoms in total. The second-order valence-electron chi connectivity index (χ2n) is 5.83. The predicted octanol–water partition coefficient (Wildman–Crippen LogP) is 3.25. The van der Waals surface area contributed by atoms with Crippen LogP contribution in [0.2, 0.25) is 0 Å². The summed E-state index contributed by atoms with van der Waals surface area (Å²) in [6.45, 7) is 1.89. The zero-order chi connectivity index (χ0) is 15.3. The van der Waals surface area contributed by atoms with Crippen LogP contribution in [0, 0.1) is 6.92 Å². The quantitative estimate of drug-likeness (QED) is 0.845. The minimum Gasteiger partial charge on any atom is -0.508 e. The molecule has 112 valence electrons. The highest BCUT2D eigenvalue weighted by Crippen LogP contribution is 2.46. The maximum atomic E-state index is 12.5. The number of hydrogen-bond acceptors (Lipinski definition) is 5. The first-order chi connectivity index (χ1) is 10.6.